The summed E-state index contributed by atoms with van der Waals surface area (Å²) < 4.78 is 72.1. The monoisotopic (exact) mass is 852 g/mol. The van der Waals surface area contributed by atoms with Crippen LogP contribution in [0, 0.1) is 29.1 Å². The van der Waals surface area contributed by atoms with Gasteiger partial charge in [-0.2, -0.15) is 0 Å². The molecule has 0 heterocycles. The molecule has 5 rings (SSSR count). The van der Waals surface area contributed by atoms with Crippen LogP contribution in [0.15, 0.2) is 101 Å². The van der Waals surface area contributed by atoms with Gasteiger partial charge in [-0.25, -0.2) is 22.0 Å². The highest BCUT2D eigenvalue weighted by Crippen LogP contribution is 2.28. The molecule has 12 nitrogen and oxygen atoms in total. The van der Waals surface area contributed by atoms with Crippen LogP contribution in [0.4, 0.5) is 44.7 Å². The summed E-state index contributed by atoms with van der Waals surface area (Å²) in [5, 5.41) is 16.1. The van der Waals surface area contributed by atoms with Crippen LogP contribution in [-0.4, -0.2) is 49.8 Å². The van der Waals surface area contributed by atoms with Gasteiger partial charge >= 0.3 is 0 Å². The lowest BCUT2D eigenvalue weighted by molar-refractivity contribution is -0.120. The zero-order valence-corrected chi connectivity index (χ0v) is 32.9. The molecule has 19 heteroatoms. The largest absolute Gasteiger partial charge is 0.398 e. The minimum atomic E-state index is -1.55. The van der Waals surface area contributed by atoms with Crippen LogP contribution in [0.3, 0.4) is 0 Å². The van der Waals surface area contributed by atoms with E-state index in [1.807, 2.05) is 0 Å². The van der Waals surface area contributed by atoms with Crippen molar-refractivity contribution in [3.05, 3.63) is 142 Å². The van der Waals surface area contributed by atoms with Crippen LogP contribution in [0.2, 0.25) is 0 Å². The average molecular weight is 853 g/mol. The van der Waals surface area contributed by atoms with E-state index < -0.39 is 83.2 Å². The zero-order valence-electron chi connectivity index (χ0n) is 31.3. The maximum absolute atomic E-state index is 15.4. The van der Waals surface area contributed by atoms with Gasteiger partial charge in [0.05, 0.1) is 5.56 Å². The number of nitrogens with zero attached hydrogens (tertiary/aromatic N) is 2. The number of likely N-dealkylation sites (N-methyl/N-ethyl adjacent to an activating group) is 2. The SMILES string of the molecule is CN(C(=O)[C@H](Cc1cc(F)cc(F)c1)NC(=O)c1ccc(F)c(C(=O)N[C@@H](Cc2cc(F)cc(F)c2)C(=O)N(C)c2ccc(SN)c(N)c2)c1)c1ccc(SN)c(N)c1. The summed E-state index contributed by atoms with van der Waals surface area (Å²) in [4.78, 5) is 58.6. The van der Waals surface area contributed by atoms with Crippen LogP contribution >= 0.6 is 23.9 Å². The lowest BCUT2D eigenvalue weighted by Crippen LogP contribution is -2.49. The van der Waals surface area contributed by atoms with Crippen molar-refractivity contribution in [2.75, 3.05) is 35.4 Å². The number of benzene rings is 5. The van der Waals surface area contributed by atoms with Crippen LogP contribution in [0.1, 0.15) is 31.8 Å². The van der Waals surface area contributed by atoms with E-state index in [9.17, 15) is 36.7 Å². The normalized spacial score (nSPS) is 12.0. The molecule has 0 saturated carbocycles. The van der Waals surface area contributed by atoms with Gasteiger partial charge in [-0.15, -0.1) is 0 Å². The third-order valence-electron chi connectivity index (χ3n) is 9.08. The van der Waals surface area contributed by atoms with E-state index in [0.717, 1.165) is 76.2 Å². The molecule has 0 bridgehead atoms. The molecule has 0 fully saturated rings. The summed E-state index contributed by atoms with van der Waals surface area (Å²) in [7, 11) is 2.74. The molecule has 2 atom stereocenters. The Kier molecular flexibility index (Phi) is 14.2. The Morgan fingerprint density at radius 2 is 0.983 bits per heavy atom. The number of amides is 4. The first-order valence-electron chi connectivity index (χ1n) is 17.4. The van der Waals surface area contributed by atoms with Gasteiger partial charge in [0.25, 0.3) is 11.8 Å². The molecule has 0 radical (unpaired) electrons. The van der Waals surface area contributed by atoms with Crippen LogP contribution < -0.4 is 42.2 Å². The van der Waals surface area contributed by atoms with Gasteiger partial charge in [-0.1, -0.05) is 0 Å². The maximum atomic E-state index is 15.4. The topological polar surface area (TPSA) is 203 Å². The Balaban J connectivity index is 1.44. The fraction of sp³-hybridized carbons (Fsp3) is 0.150. The van der Waals surface area contributed by atoms with Crippen molar-refractivity contribution in [3.63, 3.8) is 0 Å². The number of carbonyl (C=O) groups is 4. The fourth-order valence-corrected chi connectivity index (χ4v) is 6.76. The van der Waals surface area contributed by atoms with Gasteiger partial charge in [0.1, 0.15) is 41.2 Å². The molecule has 0 aliphatic rings. The van der Waals surface area contributed by atoms with Crippen LogP contribution in [-0.2, 0) is 22.4 Å². The van der Waals surface area contributed by atoms with E-state index in [2.05, 4.69) is 10.6 Å². The van der Waals surface area contributed by atoms with Gasteiger partial charge in [0.15, 0.2) is 0 Å². The summed E-state index contributed by atoms with van der Waals surface area (Å²) in [6.07, 6.45) is -0.850. The second kappa shape index (κ2) is 19.1. The Hall–Kier alpha value is -6.15. The van der Waals surface area contributed by atoms with Gasteiger partial charge < -0.3 is 31.9 Å². The van der Waals surface area contributed by atoms with Crippen LogP contribution in [0.25, 0.3) is 0 Å². The number of nitrogens with two attached hydrogens (primary N) is 4. The molecular formula is C40H37F5N8O4S2. The second-order valence-corrected chi connectivity index (χ2v) is 14.5. The Bertz CT molecular complexity index is 2390. The number of hydrogen-bond acceptors (Lipinski definition) is 10. The summed E-state index contributed by atoms with van der Waals surface area (Å²) in [5.41, 5.74) is 12.1. The van der Waals surface area contributed by atoms with Crippen molar-refractivity contribution >= 4 is 70.3 Å². The third kappa shape index (κ3) is 10.9. The first-order chi connectivity index (χ1) is 28.0. The van der Waals surface area contributed by atoms with E-state index in [4.69, 9.17) is 21.7 Å². The lowest BCUT2D eigenvalue weighted by Gasteiger charge is -2.26. The van der Waals surface area contributed by atoms with Crippen LogP contribution in [0.5, 0.6) is 0 Å². The number of rotatable bonds is 14. The standard InChI is InChI=1S/C40H37F5N8O4S2/c1-52(27-4-7-35(58-48)31(46)18-27)39(56)33(13-20-9-23(41)16-24(42)10-20)50-37(54)22-3-6-30(45)29(15-22)38(55)51-34(14-21-11-25(43)17-26(44)12-21)40(57)53(2)28-5-8-36(59-49)32(47)19-28/h3-12,15-19,33-34H,13-14,46-49H2,1-2H3,(H,50,54)(H,51,55)/t33-,34-/m0/s1. The summed E-state index contributed by atoms with van der Waals surface area (Å²) in [6.45, 7) is 0. The predicted molar refractivity (Wildman–Crippen MR) is 218 cm³/mol. The molecule has 308 valence electrons. The van der Waals surface area contributed by atoms with Crippen molar-refractivity contribution in [1.29, 1.82) is 0 Å². The maximum Gasteiger partial charge on any atom is 0.254 e. The Labute approximate surface area is 343 Å². The Morgan fingerprint density at radius 1 is 0.576 bits per heavy atom. The molecule has 0 aliphatic carbocycles. The van der Waals surface area contributed by atoms with Gasteiger partial charge in [0.2, 0.25) is 11.8 Å². The number of nitrogens with one attached hydrogen (secondary N) is 2. The highest BCUT2D eigenvalue weighted by Gasteiger charge is 2.30. The molecule has 0 saturated heterocycles. The minimum Gasteiger partial charge on any atom is -0.398 e. The number of anilines is 4. The molecular weight excluding hydrogens is 816 g/mol. The lowest BCUT2D eigenvalue weighted by atomic mass is 10.0. The summed E-state index contributed by atoms with van der Waals surface area (Å²) in [5.74, 6) is -8.58. The van der Waals surface area contributed by atoms with Crippen molar-refractivity contribution in [1.82, 2.24) is 10.6 Å². The Morgan fingerprint density at radius 3 is 1.37 bits per heavy atom. The molecule has 5 aromatic carbocycles. The molecule has 0 aromatic heterocycles. The smallest absolute Gasteiger partial charge is 0.254 e. The molecule has 5 aromatic rings. The van der Waals surface area contributed by atoms with E-state index >= 15 is 4.39 Å². The van der Waals surface area contributed by atoms with Crippen molar-refractivity contribution in [3.8, 4) is 0 Å². The number of nitrogen functional groups attached to an aromatic ring is 2. The van der Waals surface area contributed by atoms with Gasteiger partial charge in [-0.05, 0) is 114 Å². The summed E-state index contributed by atoms with van der Waals surface area (Å²) >= 11 is 1.76. The number of halogens is 5. The number of hydrogen-bond donors (Lipinski definition) is 6. The highest BCUT2D eigenvalue weighted by atomic mass is 32.2. The quantitative estimate of drug-likeness (QED) is 0.0472. The third-order valence-corrected chi connectivity index (χ3v) is 10.3. The molecule has 0 spiro atoms. The molecule has 10 N–H and O–H groups in total. The number of carbonyl (C=O) groups excluding carboxylic acids is 4. The van der Waals surface area contributed by atoms with E-state index in [0.29, 0.717) is 27.6 Å². The van der Waals surface area contributed by atoms with Gasteiger partial charge in [-0.3, -0.25) is 29.5 Å². The van der Waals surface area contributed by atoms with Crippen molar-refractivity contribution in [2.24, 2.45) is 10.3 Å². The van der Waals surface area contributed by atoms with E-state index in [1.54, 1.807) is 18.2 Å². The van der Waals surface area contributed by atoms with Crippen molar-refractivity contribution in [2.45, 2.75) is 34.7 Å². The minimum absolute atomic E-state index is 0.0128. The fourth-order valence-electron chi connectivity index (χ4n) is 6.07. The predicted octanol–water partition coefficient (Wildman–Crippen LogP) is 5.49. The average Bonchev–Trinajstić information content (AvgIpc) is 3.18. The molecule has 0 unspecified atom stereocenters. The van der Waals surface area contributed by atoms with Gasteiger partial charge in [0, 0.05) is 77.2 Å². The highest BCUT2D eigenvalue weighted by molar-refractivity contribution is 7.97. The summed E-state index contributed by atoms with van der Waals surface area (Å²) in [6, 6.07) is 13.9. The first-order valence-corrected chi connectivity index (χ1v) is 19.1. The van der Waals surface area contributed by atoms with E-state index in [-0.39, 0.29) is 33.8 Å². The molecule has 0 aliphatic heterocycles. The molecule has 59 heavy (non-hydrogen) atoms. The van der Waals surface area contributed by atoms with E-state index in [1.165, 1.54) is 32.3 Å². The molecule has 4 amide bonds. The zero-order chi connectivity index (χ0) is 43.1. The van der Waals surface area contributed by atoms with Crippen molar-refractivity contribution < 1.29 is 41.1 Å². The first kappa shape index (κ1) is 44.0. The second-order valence-electron chi connectivity index (χ2n) is 13.2.